The molecule has 9 nitrogen and oxygen atoms in total. The van der Waals surface area contributed by atoms with Crippen molar-refractivity contribution >= 4 is 17.3 Å². The van der Waals surface area contributed by atoms with E-state index in [4.69, 9.17) is 14.8 Å². The second-order valence-electron chi connectivity index (χ2n) is 10.3. The fourth-order valence-corrected chi connectivity index (χ4v) is 4.90. The van der Waals surface area contributed by atoms with Crippen LogP contribution in [0.4, 0.5) is 17.3 Å². The quantitative estimate of drug-likeness (QED) is 0.282. The predicted octanol–water partition coefficient (Wildman–Crippen LogP) is 4.71. The zero-order valence-corrected chi connectivity index (χ0v) is 22.5. The normalized spacial score (nSPS) is 16.0. The molecule has 1 aromatic carbocycles. The molecule has 2 aliphatic rings. The Bertz CT molecular complexity index is 1350. The first-order chi connectivity index (χ1) is 19.2. The molecule has 0 atom stereocenters. The maximum absolute atomic E-state index is 5.82. The number of ether oxygens (including phenoxy) is 1. The fourth-order valence-electron chi connectivity index (χ4n) is 4.90. The molecule has 1 saturated heterocycles. The number of hydrogen-bond acceptors (Lipinski definition) is 8. The average Bonchev–Trinajstić information content (AvgIpc) is 3.72. The molecule has 0 unspecified atom stereocenters. The molecule has 1 saturated carbocycles. The van der Waals surface area contributed by atoms with Gasteiger partial charge in [-0.2, -0.15) is 5.10 Å². The van der Waals surface area contributed by atoms with E-state index in [2.05, 4.69) is 56.3 Å². The van der Waals surface area contributed by atoms with Crippen molar-refractivity contribution in [2.75, 3.05) is 56.2 Å². The van der Waals surface area contributed by atoms with E-state index < -0.39 is 0 Å². The minimum atomic E-state index is 0.555. The number of aryl methyl sites for hydroxylation is 1. The summed E-state index contributed by atoms with van der Waals surface area (Å²) < 4.78 is 7.74. The molecule has 4 aromatic rings. The topological polar surface area (TPSA) is 84.2 Å². The Kier molecular flexibility index (Phi) is 7.78. The number of aromatic nitrogens is 5. The lowest BCUT2D eigenvalue weighted by atomic mass is 10.1. The largest absolute Gasteiger partial charge is 0.380 e. The Balaban J connectivity index is 1.07. The second kappa shape index (κ2) is 11.9. The molecule has 9 heteroatoms. The lowest BCUT2D eigenvalue weighted by Gasteiger charge is -2.36. The van der Waals surface area contributed by atoms with Crippen molar-refractivity contribution in [3.05, 3.63) is 67.3 Å². The van der Waals surface area contributed by atoms with Crippen LogP contribution in [0.5, 0.6) is 0 Å². The summed E-state index contributed by atoms with van der Waals surface area (Å²) in [5.41, 5.74) is 5.81. The summed E-state index contributed by atoms with van der Waals surface area (Å²) in [5.74, 6) is 1.39. The smallest absolute Gasteiger partial charge is 0.227 e. The molecule has 0 spiro atoms. The van der Waals surface area contributed by atoms with Crippen LogP contribution in [0.1, 0.15) is 19.8 Å². The summed E-state index contributed by atoms with van der Waals surface area (Å²) in [7, 11) is 0. The van der Waals surface area contributed by atoms with Gasteiger partial charge in [-0.1, -0.05) is 0 Å². The zero-order valence-electron chi connectivity index (χ0n) is 22.5. The van der Waals surface area contributed by atoms with Crippen molar-refractivity contribution < 1.29 is 4.74 Å². The molecule has 1 aliphatic carbocycles. The molecule has 1 N–H and O–H groups in total. The number of benzene rings is 1. The number of nitrogens with zero attached hydrogens (tertiary/aromatic N) is 7. The molecule has 4 heterocycles. The number of piperazine rings is 1. The Morgan fingerprint density at radius 1 is 1.00 bits per heavy atom. The van der Waals surface area contributed by atoms with Crippen molar-refractivity contribution in [1.82, 2.24) is 29.6 Å². The van der Waals surface area contributed by atoms with E-state index >= 15 is 0 Å². The van der Waals surface area contributed by atoms with E-state index in [0.29, 0.717) is 5.95 Å². The minimum absolute atomic E-state index is 0.555. The molecule has 0 bridgehead atoms. The van der Waals surface area contributed by atoms with Crippen LogP contribution in [-0.4, -0.2) is 75.6 Å². The van der Waals surface area contributed by atoms with Gasteiger partial charge in [-0.05, 0) is 68.1 Å². The van der Waals surface area contributed by atoms with Crippen LogP contribution < -0.4 is 10.2 Å². The molecule has 1 aliphatic heterocycles. The van der Waals surface area contributed by atoms with Gasteiger partial charge in [0.05, 0.1) is 12.3 Å². The van der Waals surface area contributed by atoms with Crippen molar-refractivity contribution in [2.45, 2.75) is 26.3 Å². The molecule has 3 aromatic heterocycles. The molecule has 39 heavy (non-hydrogen) atoms. The van der Waals surface area contributed by atoms with Gasteiger partial charge >= 0.3 is 0 Å². The molecule has 202 valence electrons. The van der Waals surface area contributed by atoms with E-state index in [1.807, 2.05) is 35.3 Å². The van der Waals surface area contributed by atoms with Gasteiger partial charge in [-0.15, -0.1) is 0 Å². The maximum atomic E-state index is 5.82. The van der Waals surface area contributed by atoms with Crippen LogP contribution in [0.3, 0.4) is 0 Å². The standard InChI is InChI=1S/C30H36N8O/c1-2-38-21-27(29(35-38)24-4-3-12-31-20-24)28-11-13-32-30(34-28)33-25-7-9-26(10-8-25)37-16-14-36(15-17-37)18-19-39-22-23-5-6-23/h3-4,7-13,20-21,23H,2,5-6,14-19,22H2,1H3,(H,32,33,34). The van der Waals surface area contributed by atoms with E-state index in [9.17, 15) is 0 Å². The molecular formula is C30H36N8O. The van der Waals surface area contributed by atoms with E-state index in [0.717, 1.165) is 86.6 Å². The highest BCUT2D eigenvalue weighted by Crippen LogP contribution is 2.31. The molecule has 6 rings (SSSR count). The number of pyridine rings is 1. The van der Waals surface area contributed by atoms with Crippen LogP contribution in [0.25, 0.3) is 22.5 Å². The summed E-state index contributed by atoms with van der Waals surface area (Å²) in [6, 6.07) is 14.4. The van der Waals surface area contributed by atoms with Crippen molar-refractivity contribution in [2.24, 2.45) is 5.92 Å². The van der Waals surface area contributed by atoms with Gasteiger partial charge in [0.2, 0.25) is 5.95 Å². The molecule has 0 radical (unpaired) electrons. The third-order valence-corrected chi connectivity index (χ3v) is 7.42. The van der Waals surface area contributed by atoms with Crippen LogP contribution in [-0.2, 0) is 11.3 Å². The Morgan fingerprint density at radius 2 is 1.85 bits per heavy atom. The Hall–Kier alpha value is -3.82. The van der Waals surface area contributed by atoms with E-state index in [-0.39, 0.29) is 0 Å². The van der Waals surface area contributed by atoms with Crippen molar-refractivity contribution in [3.63, 3.8) is 0 Å². The van der Waals surface area contributed by atoms with Gasteiger partial charge in [0.15, 0.2) is 0 Å². The Morgan fingerprint density at radius 3 is 2.59 bits per heavy atom. The summed E-state index contributed by atoms with van der Waals surface area (Å²) >= 11 is 0. The fraction of sp³-hybridized carbons (Fsp3) is 0.400. The lowest BCUT2D eigenvalue weighted by Crippen LogP contribution is -2.47. The van der Waals surface area contributed by atoms with Gasteiger partial charge in [0, 0.05) is 93.2 Å². The number of rotatable bonds is 11. The number of anilines is 3. The SMILES string of the molecule is CCn1cc(-c2ccnc(Nc3ccc(N4CCN(CCOCC5CC5)CC4)cc3)n2)c(-c2cccnc2)n1. The molecular weight excluding hydrogens is 488 g/mol. The summed E-state index contributed by atoms with van der Waals surface area (Å²) in [6.45, 7) is 9.90. The van der Waals surface area contributed by atoms with Crippen LogP contribution in [0.15, 0.2) is 67.3 Å². The first kappa shape index (κ1) is 25.5. The molecule has 2 fully saturated rings. The van der Waals surface area contributed by atoms with Crippen molar-refractivity contribution in [1.29, 1.82) is 0 Å². The third kappa shape index (κ3) is 6.43. The number of nitrogens with one attached hydrogen (secondary N) is 1. The van der Waals surface area contributed by atoms with Gasteiger partial charge < -0.3 is 15.0 Å². The van der Waals surface area contributed by atoms with Crippen LogP contribution in [0, 0.1) is 5.92 Å². The Labute approximate surface area is 229 Å². The highest BCUT2D eigenvalue weighted by molar-refractivity contribution is 5.78. The first-order valence-corrected chi connectivity index (χ1v) is 14.0. The summed E-state index contributed by atoms with van der Waals surface area (Å²) in [5, 5.41) is 8.13. The average molecular weight is 525 g/mol. The minimum Gasteiger partial charge on any atom is -0.380 e. The molecule has 0 amide bonds. The monoisotopic (exact) mass is 524 g/mol. The van der Waals surface area contributed by atoms with Crippen molar-refractivity contribution in [3.8, 4) is 22.5 Å². The lowest BCUT2D eigenvalue weighted by molar-refractivity contribution is 0.0943. The van der Waals surface area contributed by atoms with Crippen LogP contribution in [0.2, 0.25) is 0 Å². The highest BCUT2D eigenvalue weighted by atomic mass is 16.5. The van der Waals surface area contributed by atoms with Gasteiger partial charge in [-0.3, -0.25) is 14.6 Å². The summed E-state index contributed by atoms with van der Waals surface area (Å²) in [4.78, 5) is 18.5. The van der Waals surface area contributed by atoms with Gasteiger partial charge in [0.1, 0.15) is 5.69 Å². The first-order valence-electron chi connectivity index (χ1n) is 14.0. The summed E-state index contributed by atoms with van der Waals surface area (Å²) in [6.07, 6.45) is 10.1. The van der Waals surface area contributed by atoms with E-state index in [1.54, 1.807) is 12.4 Å². The van der Waals surface area contributed by atoms with E-state index in [1.165, 1.54) is 18.5 Å². The second-order valence-corrected chi connectivity index (χ2v) is 10.3. The predicted molar refractivity (Wildman–Crippen MR) is 154 cm³/mol. The highest BCUT2D eigenvalue weighted by Gasteiger charge is 2.22. The number of hydrogen-bond donors (Lipinski definition) is 1. The maximum Gasteiger partial charge on any atom is 0.227 e. The van der Waals surface area contributed by atoms with Crippen LogP contribution >= 0.6 is 0 Å². The van der Waals surface area contributed by atoms with Gasteiger partial charge in [0.25, 0.3) is 0 Å². The van der Waals surface area contributed by atoms with Gasteiger partial charge in [-0.25, -0.2) is 9.97 Å². The third-order valence-electron chi connectivity index (χ3n) is 7.42. The zero-order chi connectivity index (χ0) is 26.4.